The molecule has 3 nitrogen and oxygen atoms in total. The third-order valence-electron chi connectivity index (χ3n) is 4.17. The molecule has 2 rings (SSSR count). The minimum atomic E-state index is -0.740. The molecule has 0 aromatic carbocycles. The maximum absolute atomic E-state index is 11.7. The summed E-state index contributed by atoms with van der Waals surface area (Å²) in [6.45, 7) is 4.93. The zero-order chi connectivity index (χ0) is 13.2. The molecule has 1 saturated carbocycles. The van der Waals surface area contributed by atoms with Crippen molar-refractivity contribution in [2.24, 2.45) is 11.8 Å². The lowest BCUT2D eigenvalue weighted by molar-refractivity contribution is -0.149. The SMILES string of the molecule is CC1CCC(NCc2cccs2)(C(=O)O)C(C)C1. The highest BCUT2D eigenvalue weighted by Gasteiger charge is 2.46. The molecule has 1 aromatic rings. The van der Waals surface area contributed by atoms with Crippen LogP contribution in [-0.2, 0) is 11.3 Å². The van der Waals surface area contributed by atoms with E-state index in [4.69, 9.17) is 0 Å². The van der Waals surface area contributed by atoms with Gasteiger partial charge in [-0.15, -0.1) is 11.3 Å². The van der Waals surface area contributed by atoms with Gasteiger partial charge in [-0.2, -0.15) is 0 Å². The van der Waals surface area contributed by atoms with Crippen molar-refractivity contribution in [2.75, 3.05) is 0 Å². The van der Waals surface area contributed by atoms with Crippen molar-refractivity contribution in [3.8, 4) is 0 Å². The van der Waals surface area contributed by atoms with Gasteiger partial charge >= 0.3 is 5.97 Å². The predicted octanol–water partition coefficient (Wildman–Crippen LogP) is 3.12. The van der Waals surface area contributed by atoms with Gasteiger partial charge in [0.2, 0.25) is 0 Å². The molecule has 0 aliphatic heterocycles. The average Bonchev–Trinajstić information content (AvgIpc) is 2.81. The van der Waals surface area contributed by atoms with Crippen LogP contribution in [0.15, 0.2) is 17.5 Å². The molecular weight excluding hydrogens is 246 g/mol. The summed E-state index contributed by atoms with van der Waals surface area (Å²) in [4.78, 5) is 12.9. The summed E-state index contributed by atoms with van der Waals surface area (Å²) in [5.74, 6) is 0.119. The van der Waals surface area contributed by atoms with Crippen LogP contribution >= 0.6 is 11.3 Å². The first-order chi connectivity index (χ1) is 8.54. The minimum Gasteiger partial charge on any atom is -0.480 e. The van der Waals surface area contributed by atoms with Gasteiger partial charge in [-0.3, -0.25) is 10.1 Å². The van der Waals surface area contributed by atoms with E-state index in [9.17, 15) is 9.90 Å². The van der Waals surface area contributed by atoms with E-state index in [2.05, 4.69) is 19.2 Å². The van der Waals surface area contributed by atoms with Crippen LogP contribution in [-0.4, -0.2) is 16.6 Å². The van der Waals surface area contributed by atoms with Crippen molar-refractivity contribution >= 4 is 17.3 Å². The molecule has 0 saturated heterocycles. The Bertz CT molecular complexity index is 404. The molecular formula is C14H21NO2S. The highest BCUT2D eigenvalue weighted by Crippen LogP contribution is 2.37. The lowest BCUT2D eigenvalue weighted by Gasteiger charge is -2.42. The summed E-state index contributed by atoms with van der Waals surface area (Å²) in [5, 5.41) is 15.0. The van der Waals surface area contributed by atoms with Crippen molar-refractivity contribution in [3.63, 3.8) is 0 Å². The molecule has 4 heteroatoms. The Hall–Kier alpha value is -0.870. The molecule has 0 bridgehead atoms. The summed E-state index contributed by atoms with van der Waals surface area (Å²) in [6, 6.07) is 4.05. The highest BCUT2D eigenvalue weighted by molar-refractivity contribution is 7.09. The summed E-state index contributed by atoms with van der Waals surface area (Å²) in [5.41, 5.74) is -0.740. The molecule has 1 fully saturated rings. The average molecular weight is 267 g/mol. The Kier molecular flexibility index (Phi) is 4.07. The summed E-state index contributed by atoms with van der Waals surface area (Å²) < 4.78 is 0. The van der Waals surface area contributed by atoms with E-state index in [1.54, 1.807) is 11.3 Å². The molecule has 3 unspecified atom stereocenters. The Morgan fingerprint density at radius 1 is 1.61 bits per heavy atom. The fraction of sp³-hybridized carbons (Fsp3) is 0.643. The van der Waals surface area contributed by atoms with Gasteiger partial charge in [-0.05, 0) is 42.5 Å². The Labute approximate surface area is 112 Å². The van der Waals surface area contributed by atoms with E-state index in [1.165, 1.54) is 4.88 Å². The van der Waals surface area contributed by atoms with Gasteiger partial charge in [-0.1, -0.05) is 19.9 Å². The second-order valence-corrected chi connectivity index (χ2v) is 6.52. The predicted molar refractivity (Wildman–Crippen MR) is 73.7 cm³/mol. The summed E-state index contributed by atoms with van der Waals surface area (Å²) >= 11 is 1.67. The maximum Gasteiger partial charge on any atom is 0.324 e. The van der Waals surface area contributed by atoms with Gasteiger partial charge in [0, 0.05) is 11.4 Å². The van der Waals surface area contributed by atoms with Crippen LogP contribution in [0.3, 0.4) is 0 Å². The summed E-state index contributed by atoms with van der Waals surface area (Å²) in [6.07, 6.45) is 2.72. The first-order valence-corrected chi connectivity index (χ1v) is 7.43. The number of rotatable bonds is 4. The maximum atomic E-state index is 11.7. The molecule has 1 aromatic heterocycles. The second-order valence-electron chi connectivity index (χ2n) is 5.49. The van der Waals surface area contributed by atoms with Crippen molar-refractivity contribution in [1.29, 1.82) is 0 Å². The molecule has 1 aliphatic carbocycles. The van der Waals surface area contributed by atoms with Gasteiger partial charge in [0.1, 0.15) is 5.54 Å². The van der Waals surface area contributed by atoms with Gasteiger partial charge in [0.05, 0.1) is 0 Å². The molecule has 100 valence electrons. The first-order valence-electron chi connectivity index (χ1n) is 6.55. The van der Waals surface area contributed by atoms with Gasteiger partial charge in [-0.25, -0.2) is 0 Å². The Balaban J connectivity index is 2.09. The van der Waals surface area contributed by atoms with E-state index < -0.39 is 11.5 Å². The van der Waals surface area contributed by atoms with Crippen molar-refractivity contribution in [1.82, 2.24) is 5.32 Å². The standard InChI is InChI=1S/C14H21NO2S/c1-10-5-6-14(13(16)17,11(2)8-10)15-9-12-4-3-7-18-12/h3-4,7,10-11,15H,5-6,8-9H2,1-2H3,(H,16,17). The number of thiophene rings is 1. The molecule has 0 amide bonds. The quantitative estimate of drug-likeness (QED) is 0.881. The monoisotopic (exact) mass is 267 g/mol. The number of carbonyl (C=O) groups is 1. The van der Waals surface area contributed by atoms with Crippen LogP contribution < -0.4 is 5.32 Å². The minimum absolute atomic E-state index is 0.179. The fourth-order valence-corrected chi connectivity index (χ4v) is 3.60. The number of carboxylic acid groups (broad SMARTS) is 1. The van der Waals surface area contributed by atoms with Crippen molar-refractivity contribution in [2.45, 2.75) is 45.2 Å². The number of hydrogen-bond acceptors (Lipinski definition) is 3. The van der Waals surface area contributed by atoms with Crippen LogP contribution in [0.1, 0.15) is 38.0 Å². The third-order valence-corrected chi connectivity index (χ3v) is 5.04. The molecule has 18 heavy (non-hydrogen) atoms. The van der Waals surface area contributed by atoms with Crippen LogP contribution in [0, 0.1) is 11.8 Å². The largest absolute Gasteiger partial charge is 0.480 e. The number of carboxylic acids is 1. The lowest BCUT2D eigenvalue weighted by Crippen LogP contribution is -2.58. The smallest absolute Gasteiger partial charge is 0.324 e. The van der Waals surface area contributed by atoms with Crippen molar-refractivity contribution in [3.05, 3.63) is 22.4 Å². The molecule has 2 N–H and O–H groups in total. The number of nitrogens with one attached hydrogen (secondary N) is 1. The third kappa shape index (κ3) is 2.59. The topological polar surface area (TPSA) is 49.3 Å². The molecule has 0 spiro atoms. The normalized spacial score (nSPS) is 32.3. The Morgan fingerprint density at radius 2 is 2.39 bits per heavy atom. The van der Waals surface area contributed by atoms with Crippen LogP contribution in [0.2, 0.25) is 0 Å². The summed E-state index contributed by atoms with van der Waals surface area (Å²) in [7, 11) is 0. The van der Waals surface area contributed by atoms with E-state index in [1.807, 2.05) is 17.5 Å². The van der Waals surface area contributed by atoms with Gasteiger partial charge < -0.3 is 5.11 Å². The van der Waals surface area contributed by atoms with Crippen LogP contribution in [0.4, 0.5) is 0 Å². The molecule has 1 heterocycles. The first kappa shape index (κ1) is 13.6. The van der Waals surface area contributed by atoms with E-state index in [0.717, 1.165) is 19.3 Å². The zero-order valence-electron chi connectivity index (χ0n) is 11.0. The molecule has 3 atom stereocenters. The van der Waals surface area contributed by atoms with Gasteiger partial charge in [0.25, 0.3) is 0 Å². The Morgan fingerprint density at radius 3 is 2.94 bits per heavy atom. The number of hydrogen-bond donors (Lipinski definition) is 2. The lowest BCUT2D eigenvalue weighted by atomic mass is 9.70. The zero-order valence-corrected chi connectivity index (χ0v) is 11.8. The van der Waals surface area contributed by atoms with Crippen LogP contribution in [0.5, 0.6) is 0 Å². The van der Waals surface area contributed by atoms with E-state index >= 15 is 0 Å². The molecule has 1 aliphatic rings. The van der Waals surface area contributed by atoms with Crippen molar-refractivity contribution < 1.29 is 9.90 Å². The fourth-order valence-electron chi connectivity index (χ4n) is 2.96. The van der Waals surface area contributed by atoms with E-state index in [-0.39, 0.29) is 5.92 Å². The molecule has 0 radical (unpaired) electrons. The van der Waals surface area contributed by atoms with Crippen LogP contribution in [0.25, 0.3) is 0 Å². The van der Waals surface area contributed by atoms with Gasteiger partial charge in [0.15, 0.2) is 0 Å². The van der Waals surface area contributed by atoms with E-state index in [0.29, 0.717) is 12.5 Å². The second kappa shape index (κ2) is 5.41. The number of aliphatic carboxylic acids is 1. The highest BCUT2D eigenvalue weighted by atomic mass is 32.1.